The van der Waals surface area contributed by atoms with Crippen LogP contribution in [0.3, 0.4) is 0 Å². The molecule has 1 aliphatic heterocycles. The van der Waals surface area contributed by atoms with Gasteiger partial charge in [0.2, 0.25) is 5.91 Å². The van der Waals surface area contributed by atoms with E-state index in [1.807, 2.05) is 11.8 Å². The van der Waals surface area contributed by atoms with Crippen molar-refractivity contribution in [3.8, 4) is 0 Å². The number of carbonyl (C=O) groups is 1. The minimum atomic E-state index is -0.304. The van der Waals surface area contributed by atoms with Gasteiger partial charge in [-0.05, 0) is 6.92 Å². The quantitative estimate of drug-likeness (QED) is 0.486. The molecule has 1 rings (SSSR count). The fraction of sp³-hybridized carbons (Fsp3) is 0.778. The van der Waals surface area contributed by atoms with Gasteiger partial charge in [0.1, 0.15) is 0 Å². The summed E-state index contributed by atoms with van der Waals surface area (Å²) in [6.45, 7) is 5.24. The molecule has 2 unspecified atom stereocenters. The molecule has 0 radical (unpaired) electrons. The molecule has 1 amide bonds. The molecule has 0 aromatic heterocycles. The Labute approximate surface area is 83.6 Å². The van der Waals surface area contributed by atoms with E-state index in [2.05, 4.69) is 5.16 Å². The molecule has 0 saturated carbocycles. The summed E-state index contributed by atoms with van der Waals surface area (Å²) in [5, 5.41) is 11.9. The van der Waals surface area contributed by atoms with Gasteiger partial charge in [-0.2, -0.15) is 0 Å². The zero-order chi connectivity index (χ0) is 10.7. The Morgan fingerprint density at radius 2 is 2.43 bits per heavy atom. The van der Waals surface area contributed by atoms with Crippen LogP contribution in [0.5, 0.6) is 0 Å². The SMILES string of the molecule is CC1CN(C(C)C(N)=O)CCC1=NO. The summed E-state index contributed by atoms with van der Waals surface area (Å²) < 4.78 is 0. The molecule has 0 spiro atoms. The van der Waals surface area contributed by atoms with E-state index in [1.54, 1.807) is 6.92 Å². The van der Waals surface area contributed by atoms with Crippen LogP contribution in [0.15, 0.2) is 5.16 Å². The predicted octanol–water partition coefficient (Wildman–Crippen LogP) is 0.0322. The molecule has 1 heterocycles. The molecule has 2 atom stereocenters. The number of oxime groups is 1. The molecule has 0 bridgehead atoms. The molecule has 1 fully saturated rings. The van der Waals surface area contributed by atoms with Crippen molar-refractivity contribution in [1.29, 1.82) is 0 Å². The van der Waals surface area contributed by atoms with E-state index in [0.717, 1.165) is 18.8 Å². The lowest BCUT2D eigenvalue weighted by Crippen LogP contribution is -2.49. The van der Waals surface area contributed by atoms with E-state index in [4.69, 9.17) is 10.9 Å². The first-order valence-electron chi connectivity index (χ1n) is 4.80. The number of nitrogens with two attached hydrogens (primary N) is 1. The average Bonchev–Trinajstić information content (AvgIpc) is 2.16. The van der Waals surface area contributed by atoms with Crippen molar-refractivity contribution < 1.29 is 10.0 Å². The van der Waals surface area contributed by atoms with Crippen LogP contribution in [0.2, 0.25) is 0 Å². The summed E-state index contributed by atoms with van der Waals surface area (Å²) in [7, 11) is 0. The second-order valence-corrected chi connectivity index (χ2v) is 3.82. The van der Waals surface area contributed by atoms with Crippen LogP contribution in [0, 0.1) is 5.92 Å². The Hall–Kier alpha value is -1.10. The van der Waals surface area contributed by atoms with Crippen LogP contribution in [0.1, 0.15) is 20.3 Å². The summed E-state index contributed by atoms with van der Waals surface area (Å²) in [6, 6.07) is -0.238. The maximum absolute atomic E-state index is 11.0. The minimum Gasteiger partial charge on any atom is -0.411 e. The highest BCUT2D eigenvalue weighted by Gasteiger charge is 2.27. The Balaban J connectivity index is 2.58. The van der Waals surface area contributed by atoms with E-state index in [1.165, 1.54) is 0 Å². The normalized spacial score (nSPS) is 29.0. The molecule has 14 heavy (non-hydrogen) atoms. The van der Waals surface area contributed by atoms with E-state index < -0.39 is 0 Å². The number of amides is 1. The lowest BCUT2D eigenvalue weighted by atomic mass is 9.96. The van der Waals surface area contributed by atoms with Crippen LogP contribution >= 0.6 is 0 Å². The topological polar surface area (TPSA) is 78.9 Å². The zero-order valence-corrected chi connectivity index (χ0v) is 8.60. The predicted molar refractivity (Wildman–Crippen MR) is 53.2 cm³/mol. The molecule has 1 saturated heterocycles. The first-order valence-corrected chi connectivity index (χ1v) is 4.80. The smallest absolute Gasteiger partial charge is 0.234 e. The average molecular weight is 199 g/mol. The Bertz CT molecular complexity index is 252. The van der Waals surface area contributed by atoms with E-state index in [9.17, 15) is 4.79 Å². The van der Waals surface area contributed by atoms with Gasteiger partial charge in [-0.3, -0.25) is 9.69 Å². The highest BCUT2D eigenvalue weighted by atomic mass is 16.4. The number of hydrogen-bond acceptors (Lipinski definition) is 4. The summed E-state index contributed by atoms with van der Waals surface area (Å²) in [5.74, 6) is -0.114. The maximum atomic E-state index is 11.0. The van der Waals surface area contributed by atoms with Gasteiger partial charge in [0.15, 0.2) is 0 Å². The highest BCUT2D eigenvalue weighted by molar-refractivity contribution is 5.87. The molecule has 1 aliphatic rings. The molecule has 3 N–H and O–H groups in total. The second-order valence-electron chi connectivity index (χ2n) is 3.82. The fourth-order valence-corrected chi connectivity index (χ4v) is 1.73. The van der Waals surface area contributed by atoms with Gasteiger partial charge >= 0.3 is 0 Å². The van der Waals surface area contributed by atoms with Gasteiger partial charge in [0.05, 0.1) is 11.8 Å². The standard InChI is InChI=1S/C9H17N3O2/c1-6-5-12(7(2)9(10)13)4-3-8(6)11-14/h6-7,14H,3-5H2,1-2H3,(H2,10,13). The lowest BCUT2D eigenvalue weighted by molar-refractivity contribution is -0.122. The lowest BCUT2D eigenvalue weighted by Gasteiger charge is -2.34. The van der Waals surface area contributed by atoms with Crippen LogP contribution in [0.25, 0.3) is 0 Å². The van der Waals surface area contributed by atoms with Crippen molar-refractivity contribution in [3.05, 3.63) is 0 Å². The van der Waals surface area contributed by atoms with Gasteiger partial charge in [0.25, 0.3) is 0 Å². The molecule has 5 heteroatoms. The zero-order valence-electron chi connectivity index (χ0n) is 8.60. The third-order valence-electron chi connectivity index (χ3n) is 2.82. The van der Waals surface area contributed by atoms with Crippen LogP contribution in [-0.4, -0.2) is 40.9 Å². The summed E-state index contributed by atoms with van der Waals surface area (Å²) in [6.07, 6.45) is 0.704. The van der Waals surface area contributed by atoms with E-state index in [-0.39, 0.29) is 17.9 Å². The highest BCUT2D eigenvalue weighted by Crippen LogP contribution is 2.15. The number of carbonyl (C=O) groups excluding carboxylic acids is 1. The fourth-order valence-electron chi connectivity index (χ4n) is 1.73. The molecule has 0 aromatic rings. The molecule has 0 aromatic carbocycles. The third kappa shape index (κ3) is 2.23. The Morgan fingerprint density at radius 3 is 2.86 bits per heavy atom. The van der Waals surface area contributed by atoms with Gasteiger partial charge in [-0.15, -0.1) is 0 Å². The summed E-state index contributed by atoms with van der Waals surface area (Å²) >= 11 is 0. The van der Waals surface area contributed by atoms with Crippen molar-refractivity contribution in [2.75, 3.05) is 13.1 Å². The molecular weight excluding hydrogens is 182 g/mol. The van der Waals surface area contributed by atoms with Crippen LogP contribution in [0.4, 0.5) is 0 Å². The number of primary amides is 1. The maximum Gasteiger partial charge on any atom is 0.234 e. The largest absolute Gasteiger partial charge is 0.411 e. The van der Waals surface area contributed by atoms with Crippen molar-refractivity contribution in [2.45, 2.75) is 26.3 Å². The number of hydrogen-bond donors (Lipinski definition) is 2. The molecule has 80 valence electrons. The summed E-state index contributed by atoms with van der Waals surface area (Å²) in [4.78, 5) is 13.0. The number of nitrogens with zero attached hydrogens (tertiary/aromatic N) is 2. The first kappa shape index (κ1) is 11.0. The molecule has 5 nitrogen and oxygen atoms in total. The van der Waals surface area contributed by atoms with E-state index in [0.29, 0.717) is 6.42 Å². The second kappa shape index (κ2) is 4.41. The van der Waals surface area contributed by atoms with Gasteiger partial charge < -0.3 is 10.9 Å². The van der Waals surface area contributed by atoms with Gasteiger partial charge in [0, 0.05) is 25.4 Å². The molecular formula is C9H17N3O2. The first-order chi connectivity index (χ1) is 6.56. The van der Waals surface area contributed by atoms with Crippen molar-refractivity contribution in [3.63, 3.8) is 0 Å². The summed E-state index contributed by atoms with van der Waals surface area (Å²) in [5.41, 5.74) is 6.02. The van der Waals surface area contributed by atoms with Gasteiger partial charge in [-0.1, -0.05) is 12.1 Å². The Kier molecular flexibility index (Phi) is 3.46. The van der Waals surface area contributed by atoms with Crippen molar-refractivity contribution in [2.24, 2.45) is 16.8 Å². The number of piperidine rings is 1. The van der Waals surface area contributed by atoms with Crippen molar-refractivity contribution >= 4 is 11.6 Å². The van der Waals surface area contributed by atoms with E-state index >= 15 is 0 Å². The molecule has 0 aliphatic carbocycles. The Morgan fingerprint density at radius 1 is 1.79 bits per heavy atom. The van der Waals surface area contributed by atoms with Gasteiger partial charge in [-0.25, -0.2) is 0 Å². The number of likely N-dealkylation sites (tertiary alicyclic amines) is 1. The third-order valence-corrected chi connectivity index (χ3v) is 2.82. The van der Waals surface area contributed by atoms with Crippen LogP contribution in [-0.2, 0) is 4.79 Å². The minimum absolute atomic E-state index is 0.190. The monoisotopic (exact) mass is 199 g/mol. The number of rotatable bonds is 2. The van der Waals surface area contributed by atoms with Crippen molar-refractivity contribution in [1.82, 2.24) is 4.90 Å². The van der Waals surface area contributed by atoms with Crippen LogP contribution < -0.4 is 5.73 Å².